The molecule has 8 heteroatoms. The van der Waals surface area contributed by atoms with Gasteiger partial charge in [0.2, 0.25) is 5.91 Å². The first-order valence-electron chi connectivity index (χ1n) is 7.45. The number of anilines is 1. The summed E-state index contributed by atoms with van der Waals surface area (Å²) in [7, 11) is 0. The molecule has 2 aromatic heterocycles. The second-order valence-corrected chi connectivity index (χ2v) is 6.14. The number of nitriles is 1. The van der Waals surface area contributed by atoms with Crippen LogP contribution in [-0.2, 0) is 11.3 Å². The topological polar surface area (TPSA) is 79.0 Å². The molecular formula is C17H13FN4O2S. The van der Waals surface area contributed by atoms with Crippen molar-refractivity contribution in [3.63, 3.8) is 0 Å². The number of carbonyl (C=O) groups excluding carboxylic acids is 1. The molecule has 6 nitrogen and oxygen atoms in total. The smallest absolute Gasteiger partial charge is 0.262 e. The van der Waals surface area contributed by atoms with Crippen molar-refractivity contribution in [2.24, 2.45) is 0 Å². The lowest BCUT2D eigenvalue weighted by Gasteiger charge is -2.22. The van der Waals surface area contributed by atoms with E-state index in [4.69, 9.17) is 5.26 Å². The van der Waals surface area contributed by atoms with Gasteiger partial charge in [-0.05, 0) is 35.7 Å². The van der Waals surface area contributed by atoms with Gasteiger partial charge in [-0.25, -0.2) is 9.37 Å². The van der Waals surface area contributed by atoms with E-state index in [1.807, 2.05) is 6.07 Å². The average molecular weight is 356 g/mol. The number of aromatic nitrogens is 2. The summed E-state index contributed by atoms with van der Waals surface area (Å²) in [4.78, 5) is 31.2. The maximum Gasteiger partial charge on any atom is 0.262 e. The van der Waals surface area contributed by atoms with E-state index in [1.165, 1.54) is 51.4 Å². The predicted octanol–water partition coefficient (Wildman–Crippen LogP) is 2.54. The highest BCUT2D eigenvalue weighted by atomic mass is 32.1. The minimum atomic E-state index is -0.417. The zero-order valence-electron chi connectivity index (χ0n) is 13.1. The lowest BCUT2D eigenvalue weighted by atomic mass is 10.2. The van der Waals surface area contributed by atoms with E-state index in [-0.39, 0.29) is 31.0 Å². The third kappa shape index (κ3) is 3.56. The van der Waals surface area contributed by atoms with Crippen molar-refractivity contribution in [2.75, 3.05) is 11.4 Å². The van der Waals surface area contributed by atoms with E-state index in [0.717, 1.165) is 0 Å². The van der Waals surface area contributed by atoms with Crippen LogP contribution in [0.4, 0.5) is 10.1 Å². The molecule has 1 aromatic carbocycles. The minimum Gasteiger partial charge on any atom is -0.310 e. The van der Waals surface area contributed by atoms with Gasteiger partial charge in [0.05, 0.1) is 24.2 Å². The van der Waals surface area contributed by atoms with Crippen molar-refractivity contribution in [1.29, 1.82) is 5.26 Å². The van der Waals surface area contributed by atoms with Crippen LogP contribution in [0.5, 0.6) is 0 Å². The highest BCUT2D eigenvalue weighted by Crippen LogP contribution is 2.17. The summed E-state index contributed by atoms with van der Waals surface area (Å²) in [5, 5.41) is 11.0. The van der Waals surface area contributed by atoms with Gasteiger partial charge in [-0.3, -0.25) is 14.2 Å². The molecule has 0 atom stereocenters. The predicted molar refractivity (Wildman–Crippen MR) is 92.9 cm³/mol. The fourth-order valence-corrected chi connectivity index (χ4v) is 3.14. The van der Waals surface area contributed by atoms with Crippen LogP contribution in [0.25, 0.3) is 10.2 Å². The molecule has 126 valence electrons. The van der Waals surface area contributed by atoms with E-state index >= 15 is 0 Å². The van der Waals surface area contributed by atoms with Gasteiger partial charge in [0.1, 0.15) is 17.2 Å². The van der Waals surface area contributed by atoms with Gasteiger partial charge >= 0.3 is 0 Å². The Kier molecular flexibility index (Phi) is 4.86. The van der Waals surface area contributed by atoms with Gasteiger partial charge in [0, 0.05) is 12.2 Å². The zero-order chi connectivity index (χ0) is 17.8. The molecule has 3 rings (SSSR count). The van der Waals surface area contributed by atoms with Crippen LogP contribution in [0.2, 0.25) is 0 Å². The fraction of sp³-hybridized carbons (Fsp3) is 0.176. The summed E-state index contributed by atoms with van der Waals surface area (Å²) in [5.74, 6) is -0.792. The number of nitrogens with zero attached hydrogens (tertiary/aromatic N) is 4. The third-order valence-electron chi connectivity index (χ3n) is 3.64. The zero-order valence-corrected chi connectivity index (χ0v) is 13.9. The van der Waals surface area contributed by atoms with E-state index in [2.05, 4.69) is 4.98 Å². The van der Waals surface area contributed by atoms with Crippen molar-refractivity contribution in [2.45, 2.75) is 13.0 Å². The van der Waals surface area contributed by atoms with E-state index in [9.17, 15) is 14.0 Å². The molecule has 0 saturated heterocycles. The number of thiophene rings is 1. The molecule has 25 heavy (non-hydrogen) atoms. The summed E-state index contributed by atoms with van der Waals surface area (Å²) in [6.07, 6.45) is 1.46. The van der Waals surface area contributed by atoms with Crippen molar-refractivity contribution < 1.29 is 9.18 Å². The molecular weight excluding hydrogens is 343 g/mol. The Morgan fingerprint density at radius 1 is 1.32 bits per heavy atom. The van der Waals surface area contributed by atoms with Gasteiger partial charge in [-0.1, -0.05) is 0 Å². The number of hydrogen-bond acceptors (Lipinski definition) is 5. The molecule has 0 aliphatic carbocycles. The molecule has 0 aliphatic rings. The largest absolute Gasteiger partial charge is 0.310 e. The molecule has 0 N–H and O–H groups in total. The highest BCUT2D eigenvalue weighted by Gasteiger charge is 2.17. The van der Waals surface area contributed by atoms with E-state index in [0.29, 0.717) is 15.9 Å². The van der Waals surface area contributed by atoms with Crippen LogP contribution in [0, 0.1) is 17.1 Å². The second kappa shape index (κ2) is 7.23. The van der Waals surface area contributed by atoms with Crippen molar-refractivity contribution >= 4 is 33.1 Å². The molecule has 2 heterocycles. The Balaban J connectivity index is 1.88. The summed E-state index contributed by atoms with van der Waals surface area (Å²) in [6.45, 7) is -0.0513. The molecule has 0 aliphatic heterocycles. The summed E-state index contributed by atoms with van der Waals surface area (Å²) >= 11 is 1.35. The average Bonchev–Trinajstić information content (AvgIpc) is 3.09. The summed E-state index contributed by atoms with van der Waals surface area (Å²) in [5.41, 5.74) is 0.179. The quantitative estimate of drug-likeness (QED) is 0.704. The van der Waals surface area contributed by atoms with Gasteiger partial charge in [-0.15, -0.1) is 11.3 Å². The monoisotopic (exact) mass is 356 g/mol. The molecule has 1 amide bonds. The van der Waals surface area contributed by atoms with Crippen LogP contribution in [-0.4, -0.2) is 22.0 Å². The Morgan fingerprint density at radius 2 is 2.08 bits per heavy atom. The minimum absolute atomic E-state index is 0.125. The van der Waals surface area contributed by atoms with Crippen LogP contribution in [0.15, 0.2) is 46.8 Å². The second-order valence-electron chi connectivity index (χ2n) is 5.25. The third-order valence-corrected chi connectivity index (χ3v) is 4.46. The molecule has 0 saturated carbocycles. The van der Waals surface area contributed by atoms with Gasteiger partial charge in [0.25, 0.3) is 5.56 Å². The summed E-state index contributed by atoms with van der Waals surface area (Å²) < 4.78 is 14.3. The first-order valence-corrected chi connectivity index (χ1v) is 8.33. The SMILES string of the molecule is N#CCCN(C(=O)Cn1cnc2sccc2c1=O)c1ccc(F)cc1. The number of hydrogen-bond donors (Lipinski definition) is 0. The van der Waals surface area contributed by atoms with Gasteiger partial charge in [-0.2, -0.15) is 5.26 Å². The first kappa shape index (κ1) is 16.8. The Morgan fingerprint density at radius 3 is 2.80 bits per heavy atom. The number of benzene rings is 1. The Hall–Kier alpha value is -3.05. The van der Waals surface area contributed by atoms with E-state index < -0.39 is 5.82 Å². The normalized spacial score (nSPS) is 10.6. The Labute approximate surface area is 146 Å². The summed E-state index contributed by atoms with van der Waals surface area (Å²) in [6, 6.07) is 9.07. The lowest BCUT2D eigenvalue weighted by molar-refractivity contribution is -0.119. The Bertz CT molecular complexity index is 1000. The van der Waals surface area contributed by atoms with Crippen LogP contribution in [0.1, 0.15) is 6.42 Å². The molecule has 3 aromatic rings. The number of carbonyl (C=O) groups is 1. The van der Waals surface area contributed by atoms with E-state index in [1.54, 1.807) is 11.4 Å². The molecule has 0 radical (unpaired) electrons. The lowest BCUT2D eigenvalue weighted by Crippen LogP contribution is -2.37. The standard InChI is InChI=1S/C17H13FN4O2S/c18-12-2-4-13(5-3-12)22(8-1-7-19)15(23)10-21-11-20-16-14(17(21)24)6-9-25-16/h2-6,9,11H,1,8,10H2. The number of amides is 1. The highest BCUT2D eigenvalue weighted by molar-refractivity contribution is 7.16. The maximum atomic E-state index is 13.1. The fourth-order valence-electron chi connectivity index (χ4n) is 2.42. The number of fused-ring (bicyclic) bond motifs is 1. The maximum absolute atomic E-state index is 13.1. The van der Waals surface area contributed by atoms with Crippen LogP contribution >= 0.6 is 11.3 Å². The molecule has 0 spiro atoms. The molecule has 0 fully saturated rings. The first-order chi connectivity index (χ1) is 12.1. The van der Waals surface area contributed by atoms with Crippen molar-refractivity contribution in [1.82, 2.24) is 9.55 Å². The van der Waals surface area contributed by atoms with Crippen molar-refractivity contribution in [3.8, 4) is 6.07 Å². The van der Waals surface area contributed by atoms with Crippen LogP contribution < -0.4 is 10.5 Å². The number of halogens is 1. The molecule has 0 bridgehead atoms. The van der Waals surface area contributed by atoms with Gasteiger partial charge < -0.3 is 4.90 Å². The number of rotatable bonds is 5. The van der Waals surface area contributed by atoms with Crippen LogP contribution in [0.3, 0.4) is 0 Å². The van der Waals surface area contributed by atoms with Crippen molar-refractivity contribution in [3.05, 3.63) is 58.2 Å². The van der Waals surface area contributed by atoms with Gasteiger partial charge in [0.15, 0.2) is 0 Å². The molecule has 0 unspecified atom stereocenters.